The fourth-order valence-corrected chi connectivity index (χ4v) is 4.67. The number of nitrogens with one attached hydrogen (secondary N) is 2. The van der Waals surface area contributed by atoms with E-state index in [-0.39, 0.29) is 33.2 Å². The molecule has 6 nitrogen and oxygen atoms in total. The molecule has 1 fully saturated rings. The predicted octanol–water partition coefficient (Wildman–Crippen LogP) is 1.45. The van der Waals surface area contributed by atoms with E-state index in [9.17, 15) is 13.2 Å². The van der Waals surface area contributed by atoms with Gasteiger partial charge in [0, 0.05) is 13.1 Å². The first kappa shape index (κ1) is 15.1. The summed E-state index contributed by atoms with van der Waals surface area (Å²) in [6, 6.07) is 0.274. The third-order valence-electron chi connectivity index (χ3n) is 3.46. The number of hydrogen-bond acceptors (Lipinski definition) is 6. The van der Waals surface area contributed by atoms with Crippen LogP contribution in [0.4, 0.5) is 10.7 Å². The van der Waals surface area contributed by atoms with E-state index in [2.05, 4.69) is 10.6 Å². The first-order chi connectivity index (χ1) is 9.40. The van der Waals surface area contributed by atoms with E-state index < -0.39 is 9.84 Å². The van der Waals surface area contributed by atoms with E-state index in [0.29, 0.717) is 5.00 Å². The summed E-state index contributed by atoms with van der Waals surface area (Å²) in [5.41, 5.74) is 5.96. The Labute approximate surface area is 122 Å². The molecule has 0 radical (unpaired) electrons. The molecular weight excluding hydrogens is 298 g/mol. The topological polar surface area (TPSA) is 101 Å². The third kappa shape index (κ3) is 2.62. The van der Waals surface area contributed by atoms with Crippen molar-refractivity contribution in [3.05, 3.63) is 4.88 Å². The lowest BCUT2D eigenvalue weighted by Crippen LogP contribution is -2.27. The van der Waals surface area contributed by atoms with E-state index in [1.165, 1.54) is 7.05 Å². The molecule has 1 aliphatic carbocycles. The van der Waals surface area contributed by atoms with Crippen LogP contribution >= 0.6 is 11.3 Å². The van der Waals surface area contributed by atoms with Crippen LogP contribution < -0.4 is 16.4 Å². The van der Waals surface area contributed by atoms with Crippen LogP contribution in [-0.2, 0) is 9.84 Å². The zero-order valence-electron chi connectivity index (χ0n) is 11.5. The zero-order chi connectivity index (χ0) is 14.9. The van der Waals surface area contributed by atoms with Crippen LogP contribution in [0, 0.1) is 0 Å². The van der Waals surface area contributed by atoms with E-state index >= 15 is 0 Å². The first-order valence-corrected chi connectivity index (χ1v) is 9.01. The molecule has 1 heterocycles. The molecule has 1 aromatic rings. The van der Waals surface area contributed by atoms with Gasteiger partial charge in [-0.3, -0.25) is 4.79 Å². The van der Waals surface area contributed by atoms with Crippen molar-refractivity contribution in [2.45, 2.75) is 37.1 Å². The number of hydrogen-bond donors (Lipinski definition) is 3. The maximum atomic E-state index is 12.2. The number of amides is 1. The number of carbonyl (C=O) groups excluding carboxylic acids is 1. The Bertz CT molecular complexity index is 618. The fourth-order valence-electron chi connectivity index (χ4n) is 2.00. The van der Waals surface area contributed by atoms with Crippen molar-refractivity contribution in [1.82, 2.24) is 5.32 Å². The van der Waals surface area contributed by atoms with Gasteiger partial charge in [0.15, 0.2) is 9.84 Å². The van der Waals surface area contributed by atoms with Crippen LogP contribution in [0.2, 0.25) is 0 Å². The highest BCUT2D eigenvalue weighted by atomic mass is 32.2. The minimum absolute atomic E-state index is 0.0412. The van der Waals surface area contributed by atoms with Gasteiger partial charge in [-0.2, -0.15) is 0 Å². The molecule has 0 saturated heterocycles. The summed E-state index contributed by atoms with van der Waals surface area (Å²) < 4.78 is 24.4. The standard InChI is InChI=1S/C12H19N3O3S2/c1-3-20(17,18)10-8(13)9(11(16)14-2)19-12(10)15-7-5-4-6-7/h7,15H,3-6,13H2,1-2H3,(H,14,16). The van der Waals surface area contributed by atoms with Gasteiger partial charge in [0.1, 0.15) is 14.8 Å². The molecule has 0 aromatic carbocycles. The Kier molecular flexibility index (Phi) is 4.24. The van der Waals surface area contributed by atoms with Gasteiger partial charge in [-0.25, -0.2) is 8.42 Å². The Morgan fingerprint density at radius 2 is 2.10 bits per heavy atom. The van der Waals surface area contributed by atoms with Gasteiger partial charge in [-0.05, 0) is 19.3 Å². The number of thiophene rings is 1. The normalized spacial score (nSPS) is 15.7. The SMILES string of the molecule is CCS(=O)(=O)c1c(NC2CCC2)sc(C(=O)NC)c1N. The molecule has 1 amide bonds. The lowest BCUT2D eigenvalue weighted by Gasteiger charge is -2.27. The van der Waals surface area contributed by atoms with Crippen LogP contribution in [0.3, 0.4) is 0 Å². The van der Waals surface area contributed by atoms with Crippen LogP contribution in [0.25, 0.3) is 0 Å². The monoisotopic (exact) mass is 317 g/mol. The molecular formula is C12H19N3O3S2. The van der Waals surface area contributed by atoms with Gasteiger partial charge < -0.3 is 16.4 Å². The van der Waals surface area contributed by atoms with Gasteiger partial charge in [-0.15, -0.1) is 11.3 Å². The van der Waals surface area contributed by atoms with Gasteiger partial charge >= 0.3 is 0 Å². The molecule has 112 valence electrons. The Hall–Kier alpha value is -1.28. The highest BCUT2D eigenvalue weighted by Crippen LogP contribution is 2.41. The second kappa shape index (κ2) is 5.61. The Morgan fingerprint density at radius 3 is 2.55 bits per heavy atom. The lowest BCUT2D eigenvalue weighted by molar-refractivity contribution is 0.0968. The molecule has 0 bridgehead atoms. The summed E-state index contributed by atoms with van der Waals surface area (Å²) >= 11 is 1.11. The smallest absolute Gasteiger partial charge is 0.263 e. The minimum Gasteiger partial charge on any atom is -0.396 e. The van der Waals surface area contributed by atoms with Crippen molar-refractivity contribution in [2.24, 2.45) is 0 Å². The summed E-state index contributed by atoms with van der Waals surface area (Å²) in [4.78, 5) is 12.1. The average molecular weight is 317 g/mol. The highest BCUT2D eigenvalue weighted by Gasteiger charge is 2.30. The predicted molar refractivity (Wildman–Crippen MR) is 81.1 cm³/mol. The second-order valence-corrected chi connectivity index (χ2v) is 7.99. The fraction of sp³-hybridized carbons (Fsp3) is 0.583. The lowest BCUT2D eigenvalue weighted by atomic mass is 9.93. The minimum atomic E-state index is -3.47. The van der Waals surface area contributed by atoms with E-state index in [0.717, 1.165) is 30.6 Å². The number of anilines is 2. The van der Waals surface area contributed by atoms with Gasteiger partial charge in [0.25, 0.3) is 5.91 Å². The Balaban J connectivity index is 2.49. The van der Waals surface area contributed by atoms with Crippen molar-refractivity contribution in [3.63, 3.8) is 0 Å². The molecule has 1 aromatic heterocycles. The largest absolute Gasteiger partial charge is 0.396 e. The highest BCUT2D eigenvalue weighted by molar-refractivity contribution is 7.91. The maximum absolute atomic E-state index is 12.2. The van der Waals surface area contributed by atoms with Crippen molar-refractivity contribution >= 4 is 37.8 Å². The van der Waals surface area contributed by atoms with Gasteiger partial charge in [-0.1, -0.05) is 6.92 Å². The number of rotatable bonds is 5. The average Bonchev–Trinajstić information content (AvgIpc) is 2.70. The first-order valence-electron chi connectivity index (χ1n) is 6.54. The van der Waals surface area contributed by atoms with Crippen LogP contribution in [0.5, 0.6) is 0 Å². The van der Waals surface area contributed by atoms with Crippen molar-refractivity contribution in [2.75, 3.05) is 23.9 Å². The summed E-state index contributed by atoms with van der Waals surface area (Å²) in [5.74, 6) is -0.401. The number of sulfone groups is 1. The zero-order valence-corrected chi connectivity index (χ0v) is 13.2. The number of nitrogens with two attached hydrogens (primary N) is 1. The van der Waals surface area contributed by atoms with Crippen LogP contribution in [0.1, 0.15) is 35.9 Å². The van der Waals surface area contributed by atoms with E-state index in [1.54, 1.807) is 6.92 Å². The summed E-state index contributed by atoms with van der Waals surface area (Å²) in [6.07, 6.45) is 3.16. The van der Waals surface area contributed by atoms with Crippen molar-refractivity contribution < 1.29 is 13.2 Å². The molecule has 1 saturated carbocycles. The van der Waals surface area contributed by atoms with E-state index in [4.69, 9.17) is 5.73 Å². The van der Waals surface area contributed by atoms with Crippen LogP contribution in [-0.4, -0.2) is 33.2 Å². The molecule has 0 atom stereocenters. The molecule has 8 heteroatoms. The molecule has 0 unspecified atom stereocenters. The Morgan fingerprint density at radius 1 is 1.45 bits per heavy atom. The molecule has 4 N–H and O–H groups in total. The van der Waals surface area contributed by atoms with Crippen LogP contribution in [0.15, 0.2) is 4.90 Å². The summed E-state index contributed by atoms with van der Waals surface area (Å²) in [6.45, 7) is 1.57. The third-order valence-corrected chi connectivity index (χ3v) is 6.54. The van der Waals surface area contributed by atoms with Gasteiger partial charge in [0.05, 0.1) is 11.4 Å². The van der Waals surface area contributed by atoms with Crippen molar-refractivity contribution in [3.8, 4) is 0 Å². The molecule has 2 rings (SSSR count). The second-order valence-electron chi connectivity index (χ2n) is 4.76. The number of carbonyl (C=O) groups is 1. The number of nitrogen functional groups attached to an aromatic ring is 1. The molecule has 0 spiro atoms. The summed E-state index contributed by atoms with van der Waals surface area (Å²) in [5, 5.41) is 6.18. The van der Waals surface area contributed by atoms with Crippen molar-refractivity contribution in [1.29, 1.82) is 0 Å². The van der Waals surface area contributed by atoms with Gasteiger partial charge in [0.2, 0.25) is 0 Å². The quantitative estimate of drug-likeness (QED) is 0.763. The molecule has 20 heavy (non-hydrogen) atoms. The molecule has 1 aliphatic rings. The van der Waals surface area contributed by atoms with E-state index in [1.807, 2.05) is 0 Å². The summed E-state index contributed by atoms with van der Waals surface area (Å²) in [7, 11) is -1.97. The molecule has 0 aliphatic heterocycles. The maximum Gasteiger partial charge on any atom is 0.263 e.